The highest BCUT2D eigenvalue weighted by Crippen LogP contribution is 2.08. The third-order valence-corrected chi connectivity index (χ3v) is 2.43. The molecule has 18 heavy (non-hydrogen) atoms. The van der Waals surface area contributed by atoms with Crippen molar-refractivity contribution in [3.05, 3.63) is 54.1 Å². The quantitative estimate of drug-likeness (QED) is 0.844. The van der Waals surface area contributed by atoms with Crippen LogP contribution in [0.25, 0.3) is 0 Å². The minimum absolute atomic E-state index is 0.0169. The first kappa shape index (κ1) is 12.0. The van der Waals surface area contributed by atoms with Crippen LogP contribution < -0.4 is 5.32 Å². The topological polar surface area (TPSA) is 75.1 Å². The van der Waals surface area contributed by atoms with E-state index in [4.69, 9.17) is 0 Å². The summed E-state index contributed by atoms with van der Waals surface area (Å²) in [5, 5.41) is 12.0. The van der Waals surface area contributed by atoms with Crippen molar-refractivity contribution >= 4 is 5.91 Å². The van der Waals surface area contributed by atoms with Gasteiger partial charge in [0, 0.05) is 25.1 Å². The van der Waals surface area contributed by atoms with E-state index in [1.165, 1.54) is 18.5 Å². The Morgan fingerprint density at radius 1 is 1.22 bits per heavy atom. The summed E-state index contributed by atoms with van der Waals surface area (Å²) in [4.78, 5) is 19.4. The highest BCUT2D eigenvalue weighted by atomic mass is 16.3. The molecule has 0 aliphatic heterocycles. The first-order valence-corrected chi connectivity index (χ1v) is 5.57. The van der Waals surface area contributed by atoms with Crippen molar-refractivity contribution in [2.24, 2.45) is 0 Å². The SMILES string of the molecule is O=C(NCCc1ccncc1)c1cncc(O)c1. The third-order valence-electron chi connectivity index (χ3n) is 2.43. The van der Waals surface area contributed by atoms with Gasteiger partial charge in [0.25, 0.3) is 5.91 Å². The van der Waals surface area contributed by atoms with Gasteiger partial charge in [-0.25, -0.2) is 0 Å². The van der Waals surface area contributed by atoms with Gasteiger partial charge in [0.1, 0.15) is 5.75 Å². The van der Waals surface area contributed by atoms with Gasteiger partial charge in [-0.2, -0.15) is 0 Å². The van der Waals surface area contributed by atoms with E-state index in [1.54, 1.807) is 12.4 Å². The van der Waals surface area contributed by atoms with E-state index in [0.717, 1.165) is 12.0 Å². The number of amides is 1. The largest absolute Gasteiger partial charge is 0.506 e. The van der Waals surface area contributed by atoms with Gasteiger partial charge in [-0.1, -0.05) is 0 Å². The van der Waals surface area contributed by atoms with Crippen molar-refractivity contribution in [3.8, 4) is 5.75 Å². The molecule has 0 bridgehead atoms. The molecule has 0 aliphatic carbocycles. The van der Waals surface area contributed by atoms with Crippen LogP contribution in [0.3, 0.4) is 0 Å². The van der Waals surface area contributed by atoms with E-state index >= 15 is 0 Å². The summed E-state index contributed by atoms with van der Waals surface area (Å²) in [5.74, 6) is -0.260. The van der Waals surface area contributed by atoms with Crippen LogP contribution in [0.4, 0.5) is 0 Å². The van der Waals surface area contributed by atoms with E-state index in [1.807, 2.05) is 12.1 Å². The summed E-state index contributed by atoms with van der Waals surface area (Å²) in [7, 11) is 0. The number of pyridine rings is 2. The number of nitrogens with zero attached hydrogens (tertiary/aromatic N) is 2. The summed E-state index contributed by atoms with van der Waals surface area (Å²) < 4.78 is 0. The monoisotopic (exact) mass is 243 g/mol. The molecule has 2 rings (SSSR count). The number of rotatable bonds is 4. The summed E-state index contributed by atoms with van der Waals surface area (Å²) in [6, 6.07) is 5.19. The first-order valence-electron chi connectivity index (χ1n) is 5.57. The lowest BCUT2D eigenvalue weighted by molar-refractivity contribution is 0.0953. The summed E-state index contributed by atoms with van der Waals surface area (Å²) >= 11 is 0. The number of carbonyl (C=O) groups is 1. The Hall–Kier alpha value is -2.43. The number of hydrogen-bond acceptors (Lipinski definition) is 4. The van der Waals surface area contributed by atoms with Crippen molar-refractivity contribution in [2.75, 3.05) is 6.54 Å². The molecule has 0 radical (unpaired) electrons. The highest BCUT2D eigenvalue weighted by Gasteiger charge is 2.05. The smallest absolute Gasteiger partial charge is 0.252 e. The van der Waals surface area contributed by atoms with E-state index < -0.39 is 0 Å². The minimum atomic E-state index is -0.243. The van der Waals surface area contributed by atoms with Crippen LogP contribution in [-0.4, -0.2) is 27.5 Å². The fourth-order valence-electron chi connectivity index (χ4n) is 1.52. The molecular formula is C13H13N3O2. The van der Waals surface area contributed by atoms with Crippen molar-refractivity contribution in [1.82, 2.24) is 15.3 Å². The molecule has 0 atom stereocenters. The lowest BCUT2D eigenvalue weighted by Gasteiger charge is -2.05. The number of aromatic hydroxyl groups is 1. The second kappa shape index (κ2) is 5.77. The highest BCUT2D eigenvalue weighted by molar-refractivity contribution is 5.94. The van der Waals surface area contributed by atoms with Gasteiger partial charge in [0.2, 0.25) is 0 Å². The van der Waals surface area contributed by atoms with Crippen molar-refractivity contribution in [2.45, 2.75) is 6.42 Å². The Bertz CT molecular complexity index is 529. The van der Waals surface area contributed by atoms with Crippen LogP contribution in [0.15, 0.2) is 43.0 Å². The van der Waals surface area contributed by atoms with Gasteiger partial charge in [0.05, 0.1) is 11.8 Å². The number of aromatic nitrogens is 2. The minimum Gasteiger partial charge on any atom is -0.506 e. The molecule has 2 N–H and O–H groups in total. The molecule has 0 saturated carbocycles. The molecule has 5 heteroatoms. The Morgan fingerprint density at radius 3 is 2.72 bits per heavy atom. The summed E-state index contributed by atoms with van der Waals surface area (Å²) in [6.45, 7) is 0.526. The van der Waals surface area contributed by atoms with E-state index in [-0.39, 0.29) is 11.7 Å². The maximum atomic E-state index is 11.7. The fraction of sp³-hybridized carbons (Fsp3) is 0.154. The summed E-state index contributed by atoms with van der Waals surface area (Å²) in [6.07, 6.45) is 6.88. The molecule has 1 amide bonds. The molecule has 0 aliphatic rings. The molecule has 2 aromatic heterocycles. The second-order valence-corrected chi connectivity index (χ2v) is 3.79. The van der Waals surface area contributed by atoms with Crippen molar-refractivity contribution < 1.29 is 9.90 Å². The zero-order valence-corrected chi connectivity index (χ0v) is 9.71. The maximum Gasteiger partial charge on any atom is 0.252 e. The molecule has 0 spiro atoms. The lowest BCUT2D eigenvalue weighted by Crippen LogP contribution is -2.25. The Balaban J connectivity index is 1.86. The third kappa shape index (κ3) is 3.28. The normalized spacial score (nSPS) is 10.0. The number of hydrogen-bond donors (Lipinski definition) is 2. The van der Waals surface area contributed by atoms with Gasteiger partial charge in [-0.05, 0) is 30.2 Å². The number of carbonyl (C=O) groups excluding carboxylic acids is 1. The standard InChI is InChI=1S/C13H13N3O2/c17-12-7-11(8-15-9-12)13(18)16-6-3-10-1-4-14-5-2-10/h1-2,4-5,7-9,17H,3,6H2,(H,16,18). The zero-order chi connectivity index (χ0) is 12.8. The summed E-state index contributed by atoms with van der Waals surface area (Å²) in [5.41, 5.74) is 1.46. The van der Waals surface area contributed by atoms with E-state index in [0.29, 0.717) is 12.1 Å². The average Bonchev–Trinajstić information content (AvgIpc) is 2.40. The van der Waals surface area contributed by atoms with Crippen LogP contribution in [0, 0.1) is 0 Å². The zero-order valence-electron chi connectivity index (χ0n) is 9.71. The Labute approximate surface area is 105 Å². The first-order chi connectivity index (χ1) is 8.75. The molecule has 0 saturated heterocycles. The van der Waals surface area contributed by atoms with Crippen LogP contribution in [0.5, 0.6) is 5.75 Å². The van der Waals surface area contributed by atoms with Crippen LogP contribution in [0.1, 0.15) is 15.9 Å². The fourth-order valence-corrected chi connectivity index (χ4v) is 1.52. The van der Waals surface area contributed by atoms with Gasteiger partial charge in [-0.3, -0.25) is 14.8 Å². The molecule has 0 unspecified atom stereocenters. The maximum absolute atomic E-state index is 11.7. The van der Waals surface area contributed by atoms with Crippen molar-refractivity contribution in [1.29, 1.82) is 0 Å². The van der Waals surface area contributed by atoms with Crippen molar-refractivity contribution in [3.63, 3.8) is 0 Å². The predicted molar refractivity (Wildman–Crippen MR) is 66.2 cm³/mol. The molecule has 0 aromatic carbocycles. The predicted octanol–water partition coefficient (Wildman–Crippen LogP) is 1.15. The molecule has 5 nitrogen and oxygen atoms in total. The van der Waals surface area contributed by atoms with Gasteiger partial charge in [-0.15, -0.1) is 0 Å². The molecule has 0 fully saturated rings. The van der Waals surface area contributed by atoms with Gasteiger partial charge >= 0.3 is 0 Å². The molecule has 2 aromatic rings. The Kier molecular flexibility index (Phi) is 3.86. The van der Waals surface area contributed by atoms with E-state index in [9.17, 15) is 9.90 Å². The molecule has 2 heterocycles. The van der Waals surface area contributed by atoms with Gasteiger partial charge in [0.15, 0.2) is 0 Å². The van der Waals surface area contributed by atoms with Crippen LogP contribution >= 0.6 is 0 Å². The number of nitrogens with one attached hydrogen (secondary N) is 1. The van der Waals surface area contributed by atoms with Gasteiger partial charge < -0.3 is 10.4 Å². The van der Waals surface area contributed by atoms with E-state index in [2.05, 4.69) is 15.3 Å². The second-order valence-electron chi connectivity index (χ2n) is 3.79. The molecule has 92 valence electrons. The lowest BCUT2D eigenvalue weighted by atomic mass is 10.2. The van der Waals surface area contributed by atoms with Crippen LogP contribution in [-0.2, 0) is 6.42 Å². The average molecular weight is 243 g/mol. The Morgan fingerprint density at radius 2 is 2.00 bits per heavy atom. The van der Waals surface area contributed by atoms with Crippen LogP contribution in [0.2, 0.25) is 0 Å². The molecular weight excluding hydrogens is 230 g/mol.